The first-order valence-electron chi connectivity index (χ1n) is 7.39. The molecule has 4 nitrogen and oxygen atoms in total. The topological polar surface area (TPSA) is 47.6 Å². The lowest BCUT2D eigenvalue weighted by atomic mass is 10.2. The fourth-order valence-corrected chi connectivity index (χ4v) is 3.44. The van der Waals surface area contributed by atoms with Crippen molar-refractivity contribution in [3.8, 4) is 11.5 Å². The lowest BCUT2D eigenvalue weighted by Gasteiger charge is -2.20. The average Bonchev–Trinajstić information content (AvgIpc) is 2.57. The number of halogens is 2. The van der Waals surface area contributed by atoms with Gasteiger partial charge in [-0.25, -0.2) is 4.39 Å². The summed E-state index contributed by atoms with van der Waals surface area (Å²) in [5.41, 5.74) is 0.649. The molecule has 0 radical (unpaired) electrons. The summed E-state index contributed by atoms with van der Waals surface area (Å²) in [5, 5.41) is 2.86. The summed E-state index contributed by atoms with van der Waals surface area (Å²) in [6, 6.07) is 9.77. The number of carbonyl (C=O) groups excluding carboxylic acids is 1. The number of rotatable bonds is 5. The number of hydrogen-bond donors (Lipinski definition) is 1. The number of anilines is 1. The van der Waals surface area contributed by atoms with Gasteiger partial charge in [0.25, 0.3) is 0 Å². The number of ether oxygens (including phenoxy) is 2. The largest absolute Gasteiger partial charge is 0.486 e. The Morgan fingerprint density at radius 1 is 1.17 bits per heavy atom. The second-order valence-electron chi connectivity index (χ2n) is 5.08. The Balaban J connectivity index is 1.54. The van der Waals surface area contributed by atoms with Crippen LogP contribution in [0.4, 0.5) is 10.1 Å². The third kappa shape index (κ3) is 4.42. The predicted molar refractivity (Wildman–Crippen MR) is 95.5 cm³/mol. The van der Waals surface area contributed by atoms with Gasteiger partial charge in [0, 0.05) is 33.7 Å². The summed E-state index contributed by atoms with van der Waals surface area (Å²) >= 11 is 4.94. The Hall–Kier alpha value is -1.73. The maximum Gasteiger partial charge on any atom is 0.225 e. The molecule has 0 saturated carbocycles. The summed E-state index contributed by atoms with van der Waals surface area (Å²) in [5.74, 6) is 1.54. The molecule has 1 N–H and O–H groups in total. The van der Waals surface area contributed by atoms with Gasteiger partial charge in [0.1, 0.15) is 19.0 Å². The highest BCUT2D eigenvalue weighted by molar-refractivity contribution is 9.10. The van der Waals surface area contributed by atoms with Crippen LogP contribution in [0.15, 0.2) is 45.8 Å². The Morgan fingerprint density at radius 2 is 1.83 bits per heavy atom. The van der Waals surface area contributed by atoms with Crippen LogP contribution < -0.4 is 14.8 Å². The van der Waals surface area contributed by atoms with E-state index in [2.05, 4.69) is 21.2 Å². The van der Waals surface area contributed by atoms with Crippen LogP contribution in [0.5, 0.6) is 11.5 Å². The van der Waals surface area contributed by atoms with Gasteiger partial charge in [0.2, 0.25) is 5.91 Å². The van der Waals surface area contributed by atoms with Crippen molar-refractivity contribution in [2.75, 3.05) is 24.3 Å². The van der Waals surface area contributed by atoms with Gasteiger partial charge in [-0.2, -0.15) is 0 Å². The van der Waals surface area contributed by atoms with Crippen LogP contribution in [-0.4, -0.2) is 24.9 Å². The van der Waals surface area contributed by atoms with E-state index in [0.29, 0.717) is 42.6 Å². The number of thioether (sulfide) groups is 1. The van der Waals surface area contributed by atoms with Gasteiger partial charge < -0.3 is 14.8 Å². The second kappa shape index (κ2) is 7.90. The third-order valence-corrected chi connectivity index (χ3v) is 4.99. The van der Waals surface area contributed by atoms with Gasteiger partial charge in [-0.05, 0) is 40.2 Å². The summed E-state index contributed by atoms with van der Waals surface area (Å²) in [7, 11) is 0. The lowest BCUT2D eigenvalue weighted by Crippen LogP contribution is -2.17. The SMILES string of the molecule is O=C(CCSc1ccc(F)cc1)Nc1cc2c(cc1Br)OCCO2. The van der Waals surface area contributed by atoms with E-state index in [9.17, 15) is 9.18 Å². The highest BCUT2D eigenvalue weighted by Crippen LogP contribution is 2.38. The van der Waals surface area contributed by atoms with Crippen LogP contribution in [0, 0.1) is 5.82 Å². The van der Waals surface area contributed by atoms with Crippen LogP contribution >= 0.6 is 27.7 Å². The van der Waals surface area contributed by atoms with Crippen molar-refractivity contribution in [1.29, 1.82) is 0 Å². The monoisotopic (exact) mass is 411 g/mol. The molecule has 0 spiro atoms. The molecule has 0 bridgehead atoms. The quantitative estimate of drug-likeness (QED) is 0.736. The van der Waals surface area contributed by atoms with Crippen LogP contribution in [-0.2, 0) is 4.79 Å². The molecule has 3 rings (SSSR count). The maximum atomic E-state index is 12.8. The molecular weight excluding hydrogens is 397 g/mol. The van der Waals surface area contributed by atoms with E-state index < -0.39 is 0 Å². The molecule has 0 aliphatic carbocycles. The first-order chi connectivity index (χ1) is 11.6. The molecule has 1 heterocycles. The van der Waals surface area contributed by atoms with E-state index in [0.717, 1.165) is 9.37 Å². The number of nitrogens with one attached hydrogen (secondary N) is 1. The molecule has 0 saturated heterocycles. The highest BCUT2D eigenvalue weighted by Gasteiger charge is 2.16. The fourth-order valence-electron chi connectivity index (χ4n) is 2.16. The van der Waals surface area contributed by atoms with E-state index in [-0.39, 0.29) is 11.7 Å². The zero-order chi connectivity index (χ0) is 16.9. The van der Waals surface area contributed by atoms with Gasteiger partial charge in [-0.1, -0.05) is 0 Å². The minimum absolute atomic E-state index is 0.0954. The van der Waals surface area contributed by atoms with Crippen molar-refractivity contribution in [2.24, 2.45) is 0 Å². The minimum atomic E-state index is -0.263. The molecule has 24 heavy (non-hydrogen) atoms. The predicted octanol–water partition coefficient (Wildman–Crippen LogP) is 4.48. The van der Waals surface area contributed by atoms with E-state index in [1.807, 2.05) is 0 Å². The van der Waals surface area contributed by atoms with Crippen molar-refractivity contribution in [3.63, 3.8) is 0 Å². The number of carbonyl (C=O) groups is 1. The highest BCUT2D eigenvalue weighted by atomic mass is 79.9. The maximum absolute atomic E-state index is 12.8. The summed E-state index contributed by atoms with van der Waals surface area (Å²) in [6.07, 6.45) is 0.350. The Labute approximate surface area is 151 Å². The van der Waals surface area contributed by atoms with Crippen molar-refractivity contribution in [2.45, 2.75) is 11.3 Å². The van der Waals surface area contributed by atoms with Crippen LogP contribution in [0.3, 0.4) is 0 Å². The third-order valence-electron chi connectivity index (χ3n) is 3.32. The molecular formula is C17H15BrFNO3S. The molecule has 0 fully saturated rings. The molecule has 0 atom stereocenters. The van der Waals surface area contributed by atoms with Crippen LogP contribution in [0.25, 0.3) is 0 Å². The zero-order valence-electron chi connectivity index (χ0n) is 12.7. The summed E-state index contributed by atoms with van der Waals surface area (Å²) in [6.45, 7) is 1.02. The molecule has 2 aromatic carbocycles. The lowest BCUT2D eigenvalue weighted by molar-refractivity contribution is -0.115. The molecule has 1 amide bonds. The molecule has 1 aliphatic rings. The van der Waals surface area contributed by atoms with Crippen LogP contribution in [0.2, 0.25) is 0 Å². The molecule has 0 aromatic heterocycles. The van der Waals surface area contributed by atoms with Crippen LogP contribution in [0.1, 0.15) is 6.42 Å². The van der Waals surface area contributed by atoms with Gasteiger partial charge in [-0.3, -0.25) is 4.79 Å². The Bertz CT molecular complexity index is 739. The Morgan fingerprint density at radius 3 is 2.54 bits per heavy atom. The average molecular weight is 412 g/mol. The molecule has 2 aromatic rings. The number of amides is 1. The van der Waals surface area contributed by atoms with E-state index in [4.69, 9.17) is 9.47 Å². The van der Waals surface area contributed by atoms with Crippen molar-refractivity contribution in [3.05, 3.63) is 46.7 Å². The molecule has 0 unspecified atom stereocenters. The Kier molecular flexibility index (Phi) is 5.63. The smallest absolute Gasteiger partial charge is 0.225 e. The van der Waals surface area contributed by atoms with Gasteiger partial charge >= 0.3 is 0 Å². The molecule has 126 valence electrons. The minimum Gasteiger partial charge on any atom is -0.486 e. The number of hydrogen-bond acceptors (Lipinski definition) is 4. The summed E-state index contributed by atoms with van der Waals surface area (Å²) in [4.78, 5) is 13.0. The number of fused-ring (bicyclic) bond motifs is 1. The second-order valence-corrected chi connectivity index (χ2v) is 7.10. The molecule has 1 aliphatic heterocycles. The van der Waals surface area contributed by atoms with Crippen molar-refractivity contribution >= 4 is 39.3 Å². The van der Waals surface area contributed by atoms with E-state index in [1.54, 1.807) is 24.3 Å². The standard InChI is InChI=1S/C17H15BrFNO3S/c18-13-9-15-16(23-7-6-22-15)10-14(13)20-17(21)5-8-24-12-3-1-11(19)2-4-12/h1-4,9-10H,5-8H2,(H,20,21). The van der Waals surface area contributed by atoms with Gasteiger partial charge in [-0.15, -0.1) is 11.8 Å². The number of benzene rings is 2. The van der Waals surface area contributed by atoms with Gasteiger partial charge in [0.05, 0.1) is 5.69 Å². The first-order valence-corrected chi connectivity index (χ1v) is 9.17. The molecule has 7 heteroatoms. The summed E-state index contributed by atoms with van der Waals surface area (Å²) < 4.78 is 24.6. The zero-order valence-corrected chi connectivity index (χ0v) is 15.1. The van der Waals surface area contributed by atoms with Crippen molar-refractivity contribution in [1.82, 2.24) is 0 Å². The first kappa shape index (κ1) is 17.1. The van der Waals surface area contributed by atoms with E-state index >= 15 is 0 Å². The normalized spacial score (nSPS) is 12.8. The fraction of sp³-hybridized carbons (Fsp3) is 0.235. The van der Waals surface area contributed by atoms with E-state index in [1.165, 1.54) is 23.9 Å². The van der Waals surface area contributed by atoms with Crippen molar-refractivity contribution < 1.29 is 18.7 Å². The van der Waals surface area contributed by atoms with Gasteiger partial charge in [0.15, 0.2) is 11.5 Å².